The van der Waals surface area contributed by atoms with Gasteiger partial charge in [-0.2, -0.15) is 13.2 Å². The molecule has 24 heavy (non-hydrogen) atoms. The fourth-order valence-corrected chi connectivity index (χ4v) is 2.86. The van der Waals surface area contributed by atoms with Crippen molar-refractivity contribution in [1.82, 2.24) is 9.88 Å². The minimum atomic E-state index is -4.53. The van der Waals surface area contributed by atoms with E-state index in [1.54, 1.807) is 6.20 Å². The Balaban J connectivity index is 1.91. The molecule has 4 nitrogen and oxygen atoms in total. The number of amides is 1. The average molecular weight is 335 g/mol. The Labute approximate surface area is 137 Å². The Morgan fingerprint density at radius 2 is 2.00 bits per heavy atom. The second-order valence-corrected chi connectivity index (χ2v) is 5.81. The predicted molar refractivity (Wildman–Crippen MR) is 83.7 cm³/mol. The molecule has 0 saturated heterocycles. The van der Waals surface area contributed by atoms with Crippen molar-refractivity contribution in [3.8, 4) is 0 Å². The van der Waals surface area contributed by atoms with E-state index in [0.717, 1.165) is 23.7 Å². The van der Waals surface area contributed by atoms with Gasteiger partial charge in [0.05, 0.1) is 16.8 Å². The van der Waals surface area contributed by atoms with Crippen LogP contribution in [-0.4, -0.2) is 29.4 Å². The van der Waals surface area contributed by atoms with E-state index >= 15 is 0 Å². The Morgan fingerprint density at radius 1 is 1.25 bits per heavy atom. The van der Waals surface area contributed by atoms with E-state index in [0.29, 0.717) is 18.5 Å². The standard InChI is InChI=1S/C17H16F3N3O/c1-23-7-6-12-11(10-23)8-21-9-13(12)16(24)22-15-5-3-2-4-14(15)17(18,19)20/h2-5,8-9H,6-7,10H2,1H3,(H,22,24). The monoisotopic (exact) mass is 335 g/mol. The number of hydrogen-bond acceptors (Lipinski definition) is 3. The average Bonchev–Trinajstić information content (AvgIpc) is 2.53. The molecule has 1 amide bonds. The lowest BCUT2D eigenvalue weighted by atomic mass is 9.97. The minimum Gasteiger partial charge on any atom is -0.321 e. The van der Waals surface area contributed by atoms with Crippen molar-refractivity contribution in [2.24, 2.45) is 0 Å². The molecule has 7 heteroatoms. The number of pyridine rings is 1. The third-order valence-electron chi connectivity index (χ3n) is 4.06. The number of fused-ring (bicyclic) bond motifs is 1. The number of carbonyl (C=O) groups is 1. The van der Waals surface area contributed by atoms with Gasteiger partial charge in [-0.25, -0.2) is 0 Å². The van der Waals surface area contributed by atoms with Crippen LogP contribution in [0, 0.1) is 0 Å². The molecule has 0 radical (unpaired) electrons. The van der Waals surface area contributed by atoms with E-state index in [1.807, 2.05) is 7.05 Å². The fourth-order valence-electron chi connectivity index (χ4n) is 2.86. The zero-order valence-corrected chi connectivity index (χ0v) is 13.0. The molecular weight excluding hydrogens is 319 g/mol. The van der Waals surface area contributed by atoms with E-state index in [9.17, 15) is 18.0 Å². The van der Waals surface area contributed by atoms with Crippen molar-refractivity contribution in [2.75, 3.05) is 18.9 Å². The molecule has 0 spiro atoms. The van der Waals surface area contributed by atoms with Crippen LogP contribution < -0.4 is 5.32 Å². The molecule has 1 N–H and O–H groups in total. The molecule has 2 aromatic rings. The summed E-state index contributed by atoms with van der Waals surface area (Å²) in [6.07, 6.45) is -0.750. The summed E-state index contributed by atoms with van der Waals surface area (Å²) < 4.78 is 39.1. The zero-order valence-electron chi connectivity index (χ0n) is 13.0. The van der Waals surface area contributed by atoms with Gasteiger partial charge in [0, 0.05) is 25.5 Å². The number of alkyl halides is 3. The maximum Gasteiger partial charge on any atom is 0.418 e. The van der Waals surface area contributed by atoms with Crippen LogP contribution in [-0.2, 0) is 19.1 Å². The van der Waals surface area contributed by atoms with E-state index in [-0.39, 0.29) is 5.69 Å². The Morgan fingerprint density at radius 3 is 2.75 bits per heavy atom. The molecule has 0 saturated carbocycles. The number of rotatable bonds is 2. The molecule has 3 rings (SSSR count). The van der Waals surface area contributed by atoms with Gasteiger partial charge in [-0.05, 0) is 36.7 Å². The van der Waals surface area contributed by atoms with Crippen molar-refractivity contribution >= 4 is 11.6 Å². The number of aromatic nitrogens is 1. The summed E-state index contributed by atoms with van der Waals surface area (Å²) in [7, 11) is 1.97. The van der Waals surface area contributed by atoms with Crippen LogP contribution in [0.2, 0.25) is 0 Å². The van der Waals surface area contributed by atoms with Crippen LogP contribution in [0.1, 0.15) is 27.0 Å². The van der Waals surface area contributed by atoms with Gasteiger partial charge in [0.1, 0.15) is 0 Å². The molecule has 0 fully saturated rings. The Kier molecular flexibility index (Phi) is 4.28. The molecule has 2 heterocycles. The maximum absolute atomic E-state index is 13.0. The number of carbonyl (C=O) groups excluding carboxylic acids is 1. The molecule has 1 aliphatic heterocycles. The van der Waals surface area contributed by atoms with Crippen LogP contribution >= 0.6 is 0 Å². The molecule has 0 bridgehead atoms. The van der Waals surface area contributed by atoms with E-state index in [4.69, 9.17) is 0 Å². The topological polar surface area (TPSA) is 45.2 Å². The van der Waals surface area contributed by atoms with Crippen LogP contribution in [0.4, 0.5) is 18.9 Å². The van der Waals surface area contributed by atoms with Gasteiger partial charge in [-0.1, -0.05) is 12.1 Å². The first-order valence-corrected chi connectivity index (χ1v) is 7.48. The molecule has 1 aromatic carbocycles. The lowest BCUT2D eigenvalue weighted by Crippen LogP contribution is -2.29. The van der Waals surface area contributed by atoms with Crippen molar-refractivity contribution in [3.63, 3.8) is 0 Å². The summed E-state index contributed by atoms with van der Waals surface area (Å²) in [5, 5.41) is 2.38. The van der Waals surface area contributed by atoms with Gasteiger partial charge >= 0.3 is 6.18 Å². The maximum atomic E-state index is 13.0. The highest BCUT2D eigenvalue weighted by Crippen LogP contribution is 2.35. The van der Waals surface area contributed by atoms with Crippen molar-refractivity contribution in [2.45, 2.75) is 19.1 Å². The number of benzene rings is 1. The first-order valence-electron chi connectivity index (χ1n) is 7.48. The van der Waals surface area contributed by atoms with Crippen LogP contribution in [0.25, 0.3) is 0 Å². The second kappa shape index (κ2) is 6.24. The largest absolute Gasteiger partial charge is 0.418 e. The van der Waals surface area contributed by atoms with Gasteiger partial charge in [-0.15, -0.1) is 0 Å². The Bertz CT molecular complexity index is 774. The molecular formula is C17H16F3N3O. The van der Waals surface area contributed by atoms with Gasteiger partial charge in [0.2, 0.25) is 0 Å². The lowest BCUT2D eigenvalue weighted by molar-refractivity contribution is -0.136. The zero-order chi connectivity index (χ0) is 17.3. The molecule has 0 aliphatic carbocycles. The van der Waals surface area contributed by atoms with Crippen molar-refractivity contribution < 1.29 is 18.0 Å². The molecule has 126 valence electrons. The second-order valence-electron chi connectivity index (χ2n) is 5.81. The lowest BCUT2D eigenvalue weighted by Gasteiger charge is -2.26. The number of hydrogen-bond donors (Lipinski definition) is 1. The molecule has 0 unspecified atom stereocenters. The van der Waals surface area contributed by atoms with Crippen LogP contribution in [0.5, 0.6) is 0 Å². The normalized spacial score (nSPS) is 15.0. The van der Waals surface area contributed by atoms with Crippen LogP contribution in [0.3, 0.4) is 0 Å². The molecule has 1 aromatic heterocycles. The summed E-state index contributed by atoms with van der Waals surface area (Å²) in [5.41, 5.74) is 1.000. The van der Waals surface area contributed by atoms with Gasteiger partial charge in [0.15, 0.2) is 0 Å². The quantitative estimate of drug-likeness (QED) is 0.915. The third-order valence-corrected chi connectivity index (χ3v) is 4.06. The molecule has 0 atom stereocenters. The first kappa shape index (κ1) is 16.4. The van der Waals surface area contributed by atoms with Gasteiger partial charge in [0.25, 0.3) is 5.91 Å². The minimum absolute atomic E-state index is 0.250. The van der Waals surface area contributed by atoms with Crippen LogP contribution in [0.15, 0.2) is 36.7 Å². The number of likely N-dealkylation sites (N-methyl/N-ethyl adjacent to an activating group) is 1. The van der Waals surface area contributed by atoms with Gasteiger partial charge in [-0.3, -0.25) is 9.78 Å². The predicted octanol–water partition coefficient (Wildman–Crippen LogP) is 3.34. The highest BCUT2D eigenvalue weighted by atomic mass is 19.4. The third kappa shape index (κ3) is 3.26. The number of para-hydroxylation sites is 1. The number of nitrogens with one attached hydrogen (secondary N) is 1. The van der Waals surface area contributed by atoms with E-state index in [2.05, 4.69) is 15.2 Å². The summed E-state index contributed by atoms with van der Waals surface area (Å²) in [4.78, 5) is 18.7. The number of halogens is 3. The molecule has 1 aliphatic rings. The SMILES string of the molecule is CN1CCc2c(cncc2C(=O)Nc2ccccc2C(F)(F)F)C1. The first-order chi connectivity index (χ1) is 11.4. The summed E-state index contributed by atoms with van der Waals surface area (Å²) in [5.74, 6) is -0.569. The smallest absolute Gasteiger partial charge is 0.321 e. The summed E-state index contributed by atoms with van der Waals surface area (Å²) >= 11 is 0. The van der Waals surface area contributed by atoms with Crippen molar-refractivity contribution in [1.29, 1.82) is 0 Å². The van der Waals surface area contributed by atoms with Gasteiger partial charge < -0.3 is 10.2 Å². The van der Waals surface area contributed by atoms with E-state index < -0.39 is 17.6 Å². The summed E-state index contributed by atoms with van der Waals surface area (Å²) in [6.45, 7) is 1.46. The van der Waals surface area contributed by atoms with Crippen molar-refractivity contribution in [3.05, 3.63) is 58.9 Å². The Hall–Kier alpha value is -2.41. The highest BCUT2D eigenvalue weighted by molar-refractivity contribution is 6.05. The summed E-state index contributed by atoms with van der Waals surface area (Å²) in [6, 6.07) is 4.94. The highest BCUT2D eigenvalue weighted by Gasteiger charge is 2.33. The fraction of sp³-hybridized carbons (Fsp3) is 0.294. The number of nitrogens with zero attached hydrogens (tertiary/aromatic N) is 2. The van der Waals surface area contributed by atoms with E-state index in [1.165, 1.54) is 24.4 Å². The number of anilines is 1.